The third-order valence-corrected chi connectivity index (χ3v) is 15.6. The molecule has 3 fully saturated rings. The minimum Gasteiger partial charge on any atom is -0.456 e. The highest BCUT2D eigenvalue weighted by Crippen LogP contribution is 2.65. The lowest BCUT2D eigenvalue weighted by Crippen LogP contribution is -2.81. The second-order valence-electron chi connectivity index (χ2n) is 19.6. The summed E-state index contributed by atoms with van der Waals surface area (Å²) in [7, 11) is 0. The van der Waals surface area contributed by atoms with Gasteiger partial charge in [-0.3, -0.25) is 19.2 Å². The van der Waals surface area contributed by atoms with E-state index >= 15 is 4.79 Å². The molecule has 2 saturated carbocycles. The smallest absolute Gasteiger partial charge is 0.456 e. The van der Waals surface area contributed by atoms with E-state index < -0.39 is 125 Å². The zero-order chi connectivity index (χ0) is 52.9. The van der Waals surface area contributed by atoms with Crippen molar-refractivity contribution in [3.63, 3.8) is 0 Å². The van der Waals surface area contributed by atoms with Crippen molar-refractivity contribution in [2.75, 3.05) is 38.6 Å². The number of carbonyl (C=O) groups is 7. The summed E-state index contributed by atoms with van der Waals surface area (Å²) >= 11 is 1.58. The van der Waals surface area contributed by atoms with Crippen LogP contribution in [0.5, 0.6) is 0 Å². The molecule has 3 N–H and O–H groups in total. The molecule has 3 aromatic rings. The summed E-state index contributed by atoms with van der Waals surface area (Å²) in [5.41, 5.74) is -6.32. The minimum absolute atomic E-state index is 0.0573. The van der Waals surface area contributed by atoms with Crippen LogP contribution in [0.15, 0.2) is 102 Å². The second-order valence-corrected chi connectivity index (χ2v) is 20.5. The molecule has 3 unspecified atom stereocenters. The van der Waals surface area contributed by atoms with Crippen molar-refractivity contribution < 1.29 is 81.7 Å². The summed E-state index contributed by atoms with van der Waals surface area (Å²) in [5, 5.41) is 28.6. The van der Waals surface area contributed by atoms with Crippen LogP contribution in [0.25, 0.3) is 0 Å². The van der Waals surface area contributed by atoms with Crippen LogP contribution < -0.4 is 5.32 Å². The van der Waals surface area contributed by atoms with Gasteiger partial charge < -0.3 is 53.4 Å². The number of esters is 4. The van der Waals surface area contributed by atoms with Crippen LogP contribution in [0.3, 0.4) is 0 Å². The van der Waals surface area contributed by atoms with Crippen LogP contribution in [-0.4, -0.2) is 132 Å². The van der Waals surface area contributed by atoms with Gasteiger partial charge in [0.05, 0.1) is 49.2 Å². The Hall–Kier alpha value is -6.12. The molecule has 0 aromatic heterocycles. The van der Waals surface area contributed by atoms with Crippen molar-refractivity contribution in [1.82, 2.24) is 5.32 Å². The molecule has 73 heavy (non-hydrogen) atoms. The molecule has 1 heterocycles. The van der Waals surface area contributed by atoms with Crippen LogP contribution in [0.1, 0.15) is 93.1 Å². The maximum absolute atomic E-state index is 15.9. The maximum Gasteiger partial charge on any atom is 0.511 e. The van der Waals surface area contributed by atoms with Crippen molar-refractivity contribution in [2.45, 2.75) is 109 Å². The van der Waals surface area contributed by atoms with Crippen LogP contribution in [0.2, 0.25) is 0 Å². The third kappa shape index (κ3) is 10.8. The number of hydrogen-bond acceptors (Lipinski definition) is 18. The van der Waals surface area contributed by atoms with Gasteiger partial charge in [0.15, 0.2) is 11.7 Å². The zero-order valence-corrected chi connectivity index (χ0v) is 42.7. The van der Waals surface area contributed by atoms with E-state index in [4.69, 9.17) is 37.9 Å². The minimum atomic E-state index is -2.34. The summed E-state index contributed by atoms with van der Waals surface area (Å²) in [6.45, 7) is 8.55. The van der Waals surface area contributed by atoms with E-state index in [1.165, 1.54) is 19.1 Å². The number of amides is 1. The molecule has 11 atom stereocenters. The highest BCUT2D eigenvalue weighted by molar-refractivity contribution is 7.98. The number of rotatable bonds is 18. The SMILES string of the molecule is CSCCOCCC(=O)OCOC(=O)O[C@H]1CC2OC[C@@]2(OC(C)=O)[C@H]2[C@H](OC(=O)c3ccccc3)[C@]3(O)CC(OC(=O)[C@H](O)C(NC(=O)c4ccccc4)c4ccccc4)C(C)=C([C@@H](C)C(=O)[C@]12C)C3(C)C. The van der Waals surface area contributed by atoms with Crippen molar-refractivity contribution >= 4 is 53.5 Å². The Bertz CT molecular complexity index is 2560. The van der Waals surface area contributed by atoms with Crippen molar-refractivity contribution in [1.29, 1.82) is 0 Å². The summed E-state index contributed by atoms with van der Waals surface area (Å²) in [5.74, 6) is -6.80. The zero-order valence-electron chi connectivity index (χ0n) is 41.9. The number of benzene rings is 3. The first-order valence-electron chi connectivity index (χ1n) is 24.1. The van der Waals surface area contributed by atoms with Gasteiger partial charge in [-0.05, 0) is 61.1 Å². The number of carbonyl (C=O) groups excluding carboxylic acids is 7. The van der Waals surface area contributed by atoms with Gasteiger partial charge in [-0.25, -0.2) is 14.4 Å². The second kappa shape index (κ2) is 22.6. The number of thioether (sulfide) groups is 1. The topological polar surface area (TPSA) is 246 Å². The standard InChI is InChI=1S/C54H63NO17S/c1-31-37(69-49(62)43(58)42(34-17-11-8-12-18-34)55-47(60)35-19-13-9-14-20-35)28-54(64)46(71-48(61)36-21-15-10-16-22-36)44-52(6,45(59)32(2)41(31)51(54,4)5)38(27-39-53(44,29-66-39)72-33(3)56)70-50(63)68-30-67-40(57)23-24-65-25-26-73-7/h8-22,32,37-39,42-44,46,58,64H,23-30H2,1-7H3,(H,55,60)/t32-,37?,38+,39?,42?,43-,44+,46+,52-,53+,54-/m1/s1. The molecule has 1 saturated heterocycles. The molecule has 1 aliphatic heterocycles. The fraction of sp³-hybridized carbons (Fsp3) is 0.500. The molecule has 3 aromatic carbocycles. The molecule has 2 bridgehead atoms. The highest BCUT2D eigenvalue weighted by atomic mass is 32.2. The van der Waals surface area contributed by atoms with Gasteiger partial charge in [0.25, 0.3) is 5.91 Å². The lowest BCUT2D eigenvalue weighted by Gasteiger charge is -2.67. The molecular weight excluding hydrogens is 967 g/mol. The Balaban J connectivity index is 1.29. The molecule has 7 rings (SSSR count). The number of aliphatic hydroxyl groups excluding tert-OH is 1. The van der Waals surface area contributed by atoms with E-state index in [0.29, 0.717) is 17.7 Å². The predicted octanol–water partition coefficient (Wildman–Crippen LogP) is 5.87. The Labute approximate surface area is 427 Å². The van der Waals surface area contributed by atoms with Gasteiger partial charge in [0, 0.05) is 42.4 Å². The van der Waals surface area contributed by atoms with Gasteiger partial charge in [0.1, 0.15) is 35.8 Å². The van der Waals surface area contributed by atoms with E-state index in [1.807, 2.05) is 6.26 Å². The first-order valence-corrected chi connectivity index (χ1v) is 25.5. The highest BCUT2D eigenvalue weighted by Gasteiger charge is 2.78. The van der Waals surface area contributed by atoms with Gasteiger partial charge in [-0.2, -0.15) is 11.8 Å². The number of Topliss-reactive ketones (excluding diaryl/α,β-unsaturated/α-hetero) is 1. The van der Waals surface area contributed by atoms with E-state index in [0.717, 1.165) is 12.7 Å². The summed E-state index contributed by atoms with van der Waals surface area (Å²) < 4.78 is 46.7. The fourth-order valence-corrected chi connectivity index (χ4v) is 11.6. The Morgan fingerprint density at radius 3 is 2.10 bits per heavy atom. The number of aliphatic hydroxyl groups is 2. The first-order chi connectivity index (χ1) is 34.7. The summed E-state index contributed by atoms with van der Waals surface area (Å²) in [6.07, 6.45) is -8.10. The van der Waals surface area contributed by atoms with E-state index in [-0.39, 0.29) is 42.8 Å². The van der Waals surface area contributed by atoms with Gasteiger partial charge in [-0.15, -0.1) is 0 Å². The van der Waals surface area contributed by atoms with Crippen LogP contribution in [-0.2, 0) is 57.1 Å². The normalized spacial score (nSPS) is 28.7. The van der Waals surface area contributed by atoms with Crippen molar-refractivity contribution in [3.05, 3.63) is 119 Å². The van der Waals surface area contributed by atoms with Crippen LogP contribution in [0.4, 0.5) is 4.79 Å². The van der Waals surface area contributed by atoms with Crippen LogP contribution in [0, 0.1) is 22.7 Å². The Morgan fingerprint density at radius 2 is 1.49 bits per heavy atom. The predicted molar refractivity (Wildman–Crippen MR) is 261 cm³/mol. The van der Waals surface area contributed by atoms with Crippen molar-refractivity contribution in [3.8, 4) is 0 Å². The maximum atomic E-state index is 15.9. The lowest BCUT2D eigenvalue weighted by atomic mass is 9.43. The average Bonchev–Trinajstić information content (AvgIpc) is 3.36. The molecular formula is C54H63NO17S. The van der Waals surface area contributed by atoms with Gasteiger partial charge >= 0.3 is 30.0 Å². The number of hydrogen-bond donors (Lipinski definition) is 3. The van der Waals surface area contributed by atoms with E-state index in [2.05, 4.69) is 5.32 Å². The van der Waals surface area contributed by atoms with E-state index in [1.54, 1.807) is 118 Å². The van der Waals surface area contributed by atoms with Crippen LogP contribution >= 0.6 is 11.8 Å². The number of nitrogens with one attached hydrogen (secondary N) is 1. The Kier molecular flexibility index (Phi) is 16.9. The molecule has 392 valence electrons. The monoisotopic (exact) mass is 1030 g/mol. The molecule has 18 nitrogen and oxygen atoms in total. The van der Waals surface area contributed by atoms with Crippen molar-refractivity contribution in [2.24, 2.45) is 22.7 Å². The summed E-state index contributed by atoms with van der Waals surface area (Å²) in [6, 6.07) is 23.1. The molecule has 3 aliphatic carbocycles. The summed E-state index contributed by atoms with van der Waals surface area (Å²) in [4.78, 5) is 97.8. The largest absolute Gasteiger partial charge is 0.511 e. The molecule has 4 aliphatic rings. The quantitative estimate of drug-likeness (QED) is 0.0443. The average molecular weight is 1030 g/mol. The molecule has 0 radical (unpaired) electrons. The molecule has 0 spiro atoms. The Morgan fingerprint density at radius 1 is 0.863 bits per heavy atom. The first kappa shape index (κ1) is 54.6. The van der Waals surface area contributed by atoms with Gasteiger partial charge in [0.2, 0.25) is 6.79 Å². The fourth-order valence-electron chi connectivity index (χ4n) is 11.4. The number of ether oxygens (including phenoxy) is 8. The number of ketones is 1. The lowest BCUT2D eigenvalue weighted by molar-refractivity contribution is -0.345. The third-order valence-electron chi connectivity index (χ3n) is 15.0. The van der Waals surface area contributed by atoms with E-state index in [9.17, 15) is 39.0 Å². The number of fused-ring (bicyclic) bond motifs is 5. The molecule has 1 amide bonds. The molecule has 19 heteroatoms. The van der Waals surface area contributed by atoms with Gasteiger partial charge in [-0.1, -0.05) is 87.5 Å².